The Balaban J connectivity index is 1.22. The van der Waals surface area contributed by atoms with Crippen molar-refractivity contribution in [1.82, 2.24) is 10.2 Å². The van der Waals surface area contributed by atoms with Crippen molar-refractivity contribution in [2.75, 3.05) is 18.4 Å². The standard InChI is InChI=1S/C25H37N3O2/c29-24(20-8-4-5-9-20)27-23-12-6-7-19(17-23)18-28-15-13-21(14-16-28)25(30)26-22-10-2-1-3-11-22/h6-7,12,17,20-22H,1-5,8-11,13-16,18H2,(H,26,30)(H,27,29). The molecule has 1 aromatic rings. The molecule has 1 aliphatic heterocycles. The fourth-order valence-corrected chi connectivity index (χ4v) is 5.36. The van der Waals surface area contributed by atoms with E-state index >= 15 is 0 Å². The number of nitrogens with one attached hydrogen (secondary N) is 2. The Bertz CT molecular complexity index is 715. The van der Waals surface area contributed by atoms with E-state index in [2.05, 4.69) is 27.7 Å². The van der Waals surface area contributed by atoms with Crippen LogP contribution in [0.2, 0.25) is 0 Å². The molecule has 5 heteroatoms. The van der Waals surface area contributed by atoms with E-state index in [0.717, 1.165) is 63.8 Å². The van der Waals surface area contributed by atoms with E-state index in [1.165, 1.54) is 37.7 Å². The van der Waals surface area contributed by atoms with Crippen LogP contribution in [0, 0.1) is 11.8 Å². The second-order valence-electron chi connectivity index (χ2n) is 9.56. The molecule has 3 fully saturated rings. The second kappa shape index (κ2) is 10.4. The summed E-state index contributed by atoms with van der Waals surface area (Å²) in [5, 5.41) is 6.42. The number of likely N-dealkylation sites (tertiary alicyclic amines) is 1. The summed E-state index contributed by atoms with van der Waals surface area (Å²) in [6.45, 7) is 2.80. The molecular formula is C25H37N3O2. The molecule has 0 atom stereocenters. The van der Waals surface area contributed by atoms with Gasteiger partial charge in [0.15, 0.2) is 0 Å². The van der Waals surface area contributed by atoms with Gasteiger partial charge in [-0.1, -0.05) is 44.2 Å². The molecule has 0 unspecified atom stereocenters. The maximum atomic E-state index is 12.6. The van der Waals surface area contributed by atoms with Crippen molar-refractivity contribution in [2.24, 2.45) is 11.8 Å². The Labute approximate surface area is 181 Å². The second-order valence-corrected chi connectivity index (χ2v) is 9.56. The number of hydrogen-bond acceptors (Lipinski definition) is 3. The Morgan fingerprint density at radius 1 is 0.833 bits per heavy atom. The van der Waals surface area contributed by atoms with E-state index in [1.54, 1.807) is 0 Å². The zero-order valence-electron chi connectivity index (χ0n) is 18.2. The first-order chi connectivity index (χ1) is 14.7. The molecule has 1 saturated heterocycles. The smallest absolute Gasteiger partial charge is 0.227 e. The average molecular weight is 412 g/mol. The summed E-state index contributed by atoms with van der Waals surface area (Å²) in [5.74, 6) is 0.806. The van der Waals surface area contributed by atoms with Gasteiger partial charge in [-0.3, -0.25) is 14.5 Å². The Kier molecular flexibility index (Phi) is 7.42. The minimum Gasteiger partial charge on any atom is -0.353 e. The molecule has 0 radical (unpaired) electrons. The predicted molar refractivity (Wildman–Crippen MR) is 120 cm³/mol. The lowest BCUT2D eigenvalue weighted by Crippen LogP contribution is -2.44. The largest absolute Gasteiger partial charge is 0.353 e. The number of piperidine rings is 1. The van der Waals surface area contributed by atoms with Gasteiger partial charge in [0.25, 0.3) is 0 Å². The third kappa shape index (κ3) is 5.84. The van der Waals surface area contributed by atoms with Gasteiger partial charge < -0.3 is 10.6 Å². The van der Waals surface area contributed by atoms with E-state index in [0.29, 0.717) is 6.04 Å². The molecule has 5 nitrogen and oxygen atoms in total. The van der Waals surface area contributed by atoms with E-state index in [9.17, 15) is 9.59 Å². The molecule has 3 aliphatic rings. The van der Waals surface area contributed by atoms with Crippen molar-refractivity contribution in [1.29, 1.82) is 0 Å². The summed E-state index contributed by atoms with van der Waals surface area (Å²) < 4.78 is 0. The van der Waals surface area contributed by atoms with Crippen LogP contribution in [0.25, 0.3) is 0 Å². The number of nitrogens with zero attached hydrogens (tertiary/aromatic N) is 1. The lowest BCUT2D eigenvalue weighted by Gasteiger charge is -2.32. The van der Waals surface area contributed by atoms with E-state index < -0.39 is 0 Å². The highest BCUT2D eigenvalue weighted by atomic mass is 16.2. The monoisotopic (exact) mass is 411 g/mol. The van der Waals surface area contributed by atoms with Gasteiger partial charge in [-0.15, -0.1) is 0 Å². The summed E-state index contributed by atoms with van der Waals surface area (Å²) in [6.07, 6.45) is 12.4. The molecule has 2 aliphatic carbocycles. The third-order valence-electron chi connectivity index (χ3n) is 7.24. The fraction of sp³-hybridized carbons (Fsp3) is 0.680. The highest BCUT2D eigenvalue weighted by molar-refractivity contribution is 5.92. The van der Waals surface area contributed by atoms with Gasteiger partial charge in [0.2, 0.25) is 11.8 Å². The van der Waals surface area contributed by atoms with Crippen LogP contribution in [0.15, 0.2) is 24.3 Å². The first kappa shape index (κ1) is 21.4. The molecule has 4 rings (SSSR count). The summed E-state index contributed by atoms with van der Waals surface area (Å²) >= 11 is 0. The number of hydrogen-bond donors (Lipinski definition) is 2. The van der Waals surface area contributed by atoms with Gasteiger partial charge in [0.1, 0.15) is 0 Å². The van der Waals surface area contributed by atoms with Crippen LogP contribution in [0.3, 0.4) is 0 Å². The molecule has 2 N–H and O–H groups in total. The molecule has 1 heterocycles. The van der Waals surface area contributed by atoms with Gasteiger partial charge >= 0.3 is 0 Å². The zero-order chi connectivity index (χ0) is 20.8. The molecular weight excluding hydrogens is 374 g/mol. The Morgan fingerprint density at radius 2 is 1.50 bits per heavy atom. The van der Waals surface area contributed by atoms with Crippen LogP contribution in [0.5, 0.6) is 0 Å². The Hall–Kier alpha value is -1.88. The summed E-state index contributed by atoms with van der Waals surface area (Å²) in [4.78, 5) is 27.4. The number of carbonyl (C=O) groups is 2. The molecule has 0 bridgehead atoms. The van der Waals surface area contributed by atoms with Crippen LogP contribution in [0.4, 0.5) is 5.69 Å². The van der Waals surface area contributed by atoms with Crippen LogP contribution in [0.1, 0.15) is 76.2 Å². The van der Waals surface area contributed by atoms with Gasteiger partial charge in [-0.05, 0) is 69.3 Å². The molecule has 1 aromatic carbocycles. The van der Waals surface area contributed by atoms with E-state index in [4.69, 9.17) is 0 Å². The Morgan fingerprint density at radius 3 is 2.23 bits per heavy atom. The third-order valence-corrected chi connectivity index (χ3v) is 7.24. The first-order valence-electron chi connectivity index (χ1n) is 12.1. The highest BCUT2D eigenvalue weighted by Gasteiger charge is 2.27. The number of rotatable bonds is 6. The minimum atomic E-state index is 0.167. The molecule has 2 saturated carbocycles. The summed E-state index contributed by atoms with van der Waals surface area (Å²) in [6, 6.07) is 8.66. The van der Waals surface area contributed by atoms with Crippen molar-refractivity contribution in [2.45, 2.75) is 83.2 Å². The van der Waals surface area contributed by atoms with E-state index in [-0.39, 0.29) is 23.7 Å². The topological polar surface area (TPSA) is 61.4 Å². The molecule has 30 heavy (non-hydrogen) atoms. The number of amides is 2. The number of anilines is 1. The number of carbonyl (C=O) groups excluding carboxylic acids is 2. The molecule has 164 valence electrons. The molecule has 2 amide bonds. The lowest BCUT2D eigenvalue weighted by molar-refractivity contribution is -0.127. The summed E-state index contributed by atoms with van der Waals surface area (Å²) in [7, 11) is 0. The van der Waals surface area contributed by atoms with Gasteiger partial charge in [0.05, 0.1) is 0 Å². The van der Waals surface area contributed by atoms with Crippen LogP contribution in [-0.2, 0) is 16.1 Å². The van der Waals surface area contributed by atoms with Crippen LogP contribution >= 0.6 is 0 Å². The predicted octanol–water partition coefficient (Wildman–Crippen LogP) is 4.48. The van der Waals surface area contributed by atoms with Crippen molar-refractivity contribution in [3.8, 4) is 0 Å². The normalized spacial score (nSPS) is 22.1. The van der Waals surface area contributed by atoms with Crippen LogP contribution < -0.4 is 10.6 Å². The maximum absolute atomic E-state index is 12.6. The number of benzene rings is 1. The highest BCUT2D eigenvalue weighted by Crippen LogP contribution is 2.27. The van der Waals surface area contributed by atoms with Gasteiger partial charge in [0, 0.05) is 30.1 Å². The average Bonchev–Trinajstić information content (AvgIpc) is 3.30. The zero-order valence-corrected chi connectivity index (χ0v) is 18.2. The molecule has 0 spiro atoms. The lowest BCUT2D eigenvalue weighted by atomic mass is 9.92. The van der Waals surface area contributed by atoms with Gasteiger partial charge in [-0.2, -0.15) is 0 Å². The van der Waals surface area contributed by atoms with Crippen molar-refractivity contribution < 1.29 is 9.59 Å². The maximum Gasteiger partial charge on any atom is 0.227 e. The quantitative estimate of drug-likeness (QED) is 0.726. The SMILES string of the molecule is O=C(Nc1cccc(CN2CCC(C(=O)NC3CCCCC3)CC2)c1)C1CCCC1. The summed E-state index contributed by atoms with van der Waals surface area (Å²) in [5.41, 5.74) is 2.13. The van der Waals surface area contributed by atoms with Crippen molar-refractivity contribution in [3.63, 3.8) is 0 Å². The fourth-order valence-electron chi connectivity index (χ4n) is 5.36. The first-order valence-corrected chi connectivity index (χ1v) is 12.1. The van der Waals surface area contributed by atoms with Gasteiger partial charge in [-0.25, -0.2) is 0 Å². The van der Waals surface area contributed by atoms with Crippen molar-refractivity contribution >= 4 is 17.5 Å². The minimum absolute atomic E-state index is 0.167. The molecule has 0 aromatic heterocycles. The van der Waals surface area contributed by atoms with E-state index in [1.807, 2.05) is 12.1 Å². The van der Waals surface area contributed by atoms with Crippen LogP contribution in [-0.4, -0.2) is 35.8 Å². The van der Waals surface area contributed by atoms with Crippen molar-refractivity contribution in [3.05, 3.63) is 29.8 Å².